The molecular weight excluding hydrogens is 659 g/mol. The van der Waals surface area contributed by atoms with Crippen molar-refractivity contribution in [2.24, 2.45) is 0 Å². The standard InChI is InChI=1S/C21H27NO.C19H17NO7.Na.H/c1-5-20(23)21(16-17(2)22(3)4,18-12-8-6-9-13-18)19-14-10-7-11-15-19;1-3-5-9-16-10(13(21)7-12(18(23)24)20(16)4-2)6-11-14(22)8-15(19(25)26)27-17(9)11;;/h6-15,17H,5,16H2,1-4H3;6-8H,3-5H2,1-2H3,(H,23,24)(H,25,26);;/q;;+1;-1. The molecule has 0 radical (unpaired) electrons. The van der Waals surface area contributed by atoms with E-state index in [0.717, 1.165) is 29.7 Å². The van der Waals surface area contributed by atoms with Crippen molar-refractivity contribution in [1.29, 1.82) is 0 Å². The summed E-state index contributed by atoms with van der Waals surface area (Å²) in [4.78, 5) is 63.2. The van der Waals surface area contributed by atoms with Crippen molar-refractivity contribution >= 4 is 39.6 Å². The number of hydrogen-bond acceptors (Lipinski definition) is 7. The molecule has 0 fully saturated rings. The number of carbonyl (C=O) groups excluding carboxylic acids is 1. The number of pyridine rings is 1. The third-order valence-electron chi connectivity index (χ3n) is 9.24. The van der Waals surface area contributed by atoms with Crippen LogP contribution in [0.2, 0.25) is 0 Å². The number of carbonyl (C=O) groups is 3. The number of fused-ring (bicyclic) bond motifs is 2. The van der Waals surface area contributed by atoms with Crippen LogP contribution in [0.3, 0.4) is 0 Å². The summed E-state index contributed by atoms with van der Waals surface area (Å²) in [5, 5.41) is 19.0. The van der Waals surface area contributed by atoms with E-state index >= 15 is 0 Å². The van der Waals surface area contributed by atoms with Crippen molar-refractivity contribution in [2.45, 2.75) is 71.4 Å². The van der Waals surface area contributed by atoms with Gasteiger partial charge in [-0.2, -0.15) is 0 Å². The van der Waals surface area contributed by atoms with E-state index in [2.05, 4.69) is 50.2 Å². The number of Topliss-reactive ketones (excluding diaryl/α,β-unsaturated/α-hetero) is 1. The summed E-state index contributed by atoms with van der Waals surface area (Å²) in [5.74, 6) is -2.87. The first-order valence-corrected chi connectivity index (χ1v) is 16.8. The van der Waals surface area contributed by atoms with Crippen molar-refractivity contribution in [3.05, 3.63) is 127 Å². The zero-order valence-corrected chi connectivity index (χ0v) is 32.4. The molecule has 5 rings (SSSR count). The Bertz CT molecular complexity index is 2110. The molecule has 0 amide bonds. The van der Waals surface area contributed by atoms with E-state index in [-0.39, 0.29) is 65.4 Å². The minimum Gasteiger partial charge on any atom is -1.00 e. The van der Waals surface area contributed by atoms with Crippen molar-refractivity contribution in [2.75, 3.05) is 14.1 Å². The monoisotopic (exact) mass is 704 g/mol. The van der Waals surface area contributed by atoms with Gasteiger partial charge in [0.25, 0.3) is 0 Å². The molecule has 2 heterocycles. The summed E-state index contributed by atoms with van der Waals surface area (Å²) in [6, 6.07) is 24.0. The molecule has 3 aromatic carbocycles. The summed E-state index contributed by atoms with van der Waals surface area (Å²) in [6.45, 7) is 8.02. The molecule has 0 bridgehead atoms. The maximum Gasteiger partial charge on any atom is 1.00 e. The Balaban J connectivity index is 0.000000351. The number of benzene rings is 3. The molecule has 0 aliphatic carbocycles. The number of aryl methyl sites for hydroxylation is 2. The SMILES string of the molecule is CCC(=O)C(CC(C)N(C)C)(c1ccccc1)c1ccccc1.CCCc1c2oc(C(=O)O)cc(=O)c2cc2c(=O)cc(C(=O)O)n(CC)c12.[H-].[Na+]. The van der Waals surface area contributed by atoms with E-state index in [1.54, 1.807) is 6.92 Å². The number of hydrogen-bond donors (Lipinski definition) is 2. The molecule has 0 aliphatic heterocycles. The van der Waals surface area contributed by atoms with Gasteiger partial charge in [0.05, 0.1) is 16.3 Å². The minimum atomic E-state index is -1.39. The molecule has 0 spiro atoms. The number of aromatic nitrogens is 1. The topological polar surface area (TPSA) is 147 Å². The van der Waals surface area contributed by atoms with E-state index in [0.29, 0.717) is 36.4 Å². The van der Waals surface area contributed by atoms with Gasteiger partial charge < -0.3 is 25.5 Å². The van der Waals surface area contributed by atoms with Gasteiger partial charge in [0, 0.05) is 42.1 Å². The Kier molecular flexibility index (Phi) is 14.3. The number of rotatable bonds is 12. The Morgan fingerprint density at radius 1 is 0.843 bits per heavy atom. The Labute approximate surface area is 320 Å². The molecule has 11 heteroatoms. The molecule has 264 valence electrons. The van der Waals surface area contributed by atoms with Gasteiger partial charge in [0.1, 0.15) is 17.1 Å². The van der Waals surface area contributed by atoms with Gasteiger partial charge in [-0.3, -0.25) is 14.4 Å². The third-order valence-corrected chi connectivity index (χ3v) is 9.24. The van der Waals surface area contributed by atoms with Gasteiger partial charge in [0.15, 0.2) is 10.9 Å². The number of nitrogens with zero attached hydrogens (tertiary/aromatic N) is 2. The molecule has 2 N–H and O–H groups in total. The van der Waals surface area contributed by atoms with Gasteiger partial charge >= 0.3 is 41.5 Å². The summed E-state index contributed by atoms with van der Waals surface area (Å²) in [6.07, 6.45) is 2.30. The Morgan fingerprint density at radius 2 is 1.39 bits per heavy atom. The van der Waals surface area contributed by atoms with Crippen molar-refractivity contribution in [1.82, 2.24) is 9.47 Å². The van der Waals surface area contributed by atoms with Gasteiger partial charge in [-0.05, 0) is 58.0 Å². The Hall–Kier alpha value is -4.35. The predicted molar refractivity (Wildman–Crippen MR) is 196 cm³/mol. The molecule has 0 saturated heterocycles. The van der Waals surface area contributed by atoms with Crippen LogP contribution < -0.4 is 40.4 Å². The number of carboxylic acids is 2. The fraction of sp³-hybridized carbons (Fsp3) is 0.325. The second-order valence-electron chi connectivity index (χ2n) is 12.5. The van der Waals surface area contributed by atoms with Crippen LogP contribution in [0.25, 0.3) is 21.9 Å². The van der Waals surface area contributed by atoms with E-state index < -0.39 is 34.0 Å². The van der Waals surface area contributed by atoms with Gasteiger partial charge in [-0.15, -0.1) is 0 Å². The number of ketones is 1. The number of carboxylic acid groups (broad SMARTS) is 2. The zero-order valence-electron chi connectivity index (χ0n) is 31.4. The molecule has 5 aromatic rings. The van der Waals surface area contributed by atoms with Crippen LogP contribution >= 0.6 is 0 Å². The largest absolute Gasteiger partial charge is 1.00 e. The van der Waals surface area contributed by atoms with Gasteiger partial charge in [-0.25, -0.2) is 9.59 Å². The first-order chi connectivity index (χ1) is 23.8. The summed E-state index contributed by atoms with van der Waals surface area (Å²) < 4.78 is 6.94. The third kappa shape index (κ3) is 8.42. The molecular formula is C40H45N2NaO8. The van der Waals surface area contributed by atoms with Crippen molar-refractivity contribution < 1.29 is 60.0 Å². The van der Waals surface area contributed by atoms with E-state index in [9.17, 15) is 34.2 Å². The second-order valence-corrected chi connectivity index (χ2v) is 12.5. The quantitative estimate of drug-likeness (QED) is 0.146. The molecule has 51 heavy (non-hydrogen) atoms. The van der Waals surface area contributed by atoms with Gasteiger partial charge in [0.2, 0.25) is 5.76 Å². The van der Waals surface area contributed by atoms with Crippen LogP contribution in [0.4, 0.5) is 0 Å². The predicted octanol–water partition coefficient (Wildman–Crippen LogP) is 3.89. The average molecular weight is 705 g/mol. The zero-order chi connectivity index (χ0) is 36.7. The average Bonchev–Trinajstić information content (AvgIpc) is 3.11. The molecule has 0 aliphatic rings. The van der Waals surface area contributed by atoms with Crippen LogP contribution in [0.1, 0.15) is 86.1 Å². The molecule has 1 atom stereocenters. The van der Waals surface area contributed by atoms with E-state index in [4.69, 9.17) is 4.42 Å². The van der Waals surface area contributed by atoms with Crippen LogP contribution in [-0.4, -0.2) is 57.5 Å². The molecule has 10 nitrogen and oxygen atoms in total. The maximum absolute atomic E-state index is 13.2. The van der Waals surface area contributed by atoms with E-state index in [1.165, 1.54) is 10.6 Å². The van der Waals surface area contributed by atoms with Gasteiger partial charge in [-0.1, -0.05) is 80.9 Å². The first-order valence-electron chi connectivity index (χ1n) is 16.8. The smallest absolute Gasteiger partial charge is 1.00 e. The Morgan fingerprint density at radius 3 is 1.84 bits per heavy atom. The second kappa shape index (κ2) is 17.7. The maximum atomic E-state index is 13.2. The van der Waals surface area contributed by atoms with Crippen LogP contribution in [-0.2, 0) is 23.2 Å². The van der Waals surface area contributed by atoms with Crippen LogP contribution in [0, 0.1) is 0 Å². The van der Waals surface area contributed by atoms with E-state index in [1.807, 2.05) is 50.2 Å². The first kappa shape index (κ1) is 41.1. The molecule has 0 saturated carbocycles. The fourth-order valence-corrected chi connectivity index (χ4v) is 6.55. The summed E-state index contributed by atoms with van der Waals surface area (Å²) in [7, 11) is 4.14. The summed E-state index contributed by atoms with van der Waals surface area (Å²) >= 11 is 0. The summed E-state index contributed by atoms with van der Waals surface area (Å²) in [5.41, 5.74) is 1.20. The van der Waals surface area contributed by atoms with Crippen LogP contribution in [0.5, 0.6) is 0 Å². The fourth-order valence-electron chi connectivity index (χ4n) is 6.55. The van der Waals surface area contributed by atoms with Crippen molar-refractivity contribution in [3.63, 3.8) is 0 Å². The molecule has 2 aromatic heterocycles. The normalized spacial score (nSPS) is 11.8. The number of aromatic carboxylic acids is 2. The van der Waals surface area contributed by atoms with Crippen LogP contribution in [0.15, 0.2) is 92.9 Å². The minimum absolute atomic E-state index is 0. The van der Waals surface area contributed by atoms with Crippen molar-refractivity contribution in [3.8, 4) is 0 Å². The molecule has 1 unspecified atom stereocenters.